The minimum atomic E-state index is 0.494. The fraction of sp³-hybridized carbons (Fsp3) is 0.500. The molecule has 1 aliphatic carbocycles. The summed E-state index contributed by atoms with van der Waals surface area (Å²) in [6, 6.07) is 11.7. The average Bonchev–Trinajstić information content (AvgIpc) is 3.39. The fourth-order valence-electron chi connectivity index (χ4n) is 3.08. The number of hydrogen-bond acceptors (Lipinski definition) is 3. The smallest absolute Gasteiger partial charge is 0.191 e. The first-order chi connectivity index (χ1) is 12.7. The van der Waals surface area contributed by atoms with Crippen molar-refractivity contribution >= 4 is 5.96 Å². The molecule has 6 heteroatoms. The molecule has 0 bridgehead atoms. The van der Waals surface area contributed by atoms with E-state index in [1.807, 2.05) is 30.2 Å². The van der Waals surface area contributed by atoms with Gasteiger partial charge in [0.05, 0.1) is 6.54 Å². The first-order valence-corrected chi connectivity index (χ1v) is 9.38. The molecule has 1 fully saturated rings. The predicted octanol–water partition coefficient (Wildman–Crippen LogP) is 2.08. The summed E-state index contributed by atoms with van der Waals surface area (Å²) < 4.78 is 1.95. The lowest BCUT2D eigenvalue weighted by Gasteiger charge is -2.25. The van der Waals surface area contributed by atoms with Crippen LogP contribution in [0.25, 0.3) is 0 Å². The van der Waals surface area contributed by atoms with Gasteiger partial charge in [-0.3, -0.25) is 14.6 Å². The van der Waals surface area contributed by atoms with E-state index in [2.05, 4.69) is 63.9 Å². The molecule has 3 rings (SSSR count). The normalized spacial score (nSPS) is 15.9. The zero-order valence-electron chi connectivity index (χ0n) is 16.0. The van der Waals surface area contributed by atoms with Crippen molar-refractivity contribution in [3.63, 3.8) is 0 Å². The molecule has 1 unspecified atom stereocenters. The number of aliphatic imine (C=N–C) groups is 1. The molecule has 6 nitrogen and oxygen atoms in total. The molecule has 1 atom stereocenters. The van der Waals surface area contributed by atoms with Crippen LogP contribution in [0, 0.1) is 0 Å². The number of nitrogens with zero attached hydrogens (tertiary/aromatic N) is 4. The number of nitrogens with one attached hydrogen (secondary N) is 2. The van der Waals surface area contributed by atoms with Crippen molar-refractivity contribution in [2.24, 2.45) is 4.99 Å². The van der Waals surface area contributed by atoms with Gasteiger partial charge in [0.2, 0.25) is 0 Å². The Balaban J connectivity index is 1.52. The van der Waals surface area contributed by atoms with Gasteiger partial charge in [0, 0.05) is 44.6 Å². The number of likely N-dealkylation sites (N-methyl/N-ethyl adjacent to an activating group) is 1. The van der Waals surface area contributed by atoms with Crippen LogP contribution < -0.4 is 10.6 Å². The summed E-state index contributed by atoms with van der Waals surface area (Å²) >= 11 is 0. The fourth-order valence-corrected chi connectivity index (χ4v) is 3.08. The third-order valence-corrected chi connectivity index (χ3v) is 5.06. The van der Waals surface area contributed by atoms with Crippen molar-refractivity contribution < 1.29 is 0 Å². The van der Waals surface area contributed by atoms with E-state index in [0.717, 1.165) is 31.6 Å². The van der Waals surface area contributed by atoms with E-state index in [4.69, 9.17) is 0 Å². The molecule has 1 saturated carbocycles. The summed E-state index contributed by atoms with van der Waals surface area (Å²) in [5, 5.41) is 11.2. The van der Waals surface area contributed by atoms with Crippen molar-refractivity contribution in [3.05, 3.63) is 53.9 Å². The summed E-state index contributed by atoms with van der Waals surface area (Å²) in [5.74, 6) is 0.843. The van der Waals surface area contributed by atoms with Crippen LogP contribution in [0.2, 0.25) is 0 Å². The summed E-state index contributed by atoms with van der Waals surface area (Å²) in [6.07, 6.45) is 6.47. The highest BCUT2D eigenvalue weighted by molar-refractivity contribution is 5.79. The van der Waals surface area contributed by atoms with E-state index in [9.17, 15) is 0 Å². The quantitative estimate of drug-likeness (QED) is 0.563. The Morgan fingerprint density at radius 1 is 1.27 bits per heavy atom. The lowest BCUT2D eigenvalue weighted by Crippen LogP contribution is -2.45. The molecule has 26 heavy (non-hydrogen) atoms. The van der Waals surface area contributed by atoms with Crippen LogP contribution in [-0.4, -0.2) is 53.4 Å². The third-order valence-electron chi connectivity index (χ3n) is 5.06. The molecule has 0 radical (unpaired) electrons. The van der Waals surface area contributed by atoms with Gasteiger partial charge in [-0.05, 0) is 44.0 Å². The van der Waals surface area contributed by atoms with Crippen LogP contribution in [0.3, 0.4) is 0 Å². The lowest BCUT2D eigenvalue weighted by atomic mass is 10.1. The molecule has 2 N–H and O–H groups in total. The molecular weight excluding hydrogens is 324 g/mol. The van der Waals surface area contributed by atoms with E-state index in [0.29, 0.717) is 6.04 Å². The standard InChI is InChI=1S/C20H30N6/c1-16(25(3)19-9-10-19)13-22-20(21-2)23-14-17-7-4-5-8-18(17)15-26-12-6-11-24-26/h4-8,11-12,16,19H,9-10,13-15H2,1-3H3,(H2,21,22,23). The van der Waals surface area contributed by atoms with Gasteiger partial charge in [0.25, 0.3) is 0 Å². The molecular formula is C20H30N6. The van der Waals surface area contributed by atoms with Gasteiger partial charge in [0.15, 0.2) is 5.96 Å². The number of guanidine groups is 1. The molecule has 1 aliphatic rings. The topological polar surface area (TPSA) is 57.5 Å². The summed E-state index contributed by atoms with van der Waals surface area (Å²) in [4.78, 5) is 6.82. The van der Waals surface area contributed by atoms with E-state index in [1.165, 1.54) is 24.0 Å². The van der Waals surface area contributed by atoms with Gasteiger partial charge in [-0.2, -0.15) is 5.10 Å². The summed E-state index contributed by atoms with van der Waals surface area (Å²) in [7, 11) is 4.03. The van der Waals surface area contributed by atoms with Gasteiger partial charge < -0.3 is 10.6 Å². The first-order valence-electron chi connectivity index (χ1n) is 9.38. The minimum Gasteiger partial charge on any atom is -0.355 e. The predicted molar refractivity (Wildman–Crippen MR) is 106 cm³/mol. The molecule has 2 aromatic rings. The zero-order valence-corrected chi connectivity index (χ0v) is 16.0. The second-order valence-corrected chi connectivity index (χ2v) is 7.02. The Kier molecular flexibility index (Phi) is 6.28. The summed E-state index contributed by atoms with van der Waals surface area (Å²) in [5.41, 5.74) is 2.52. The Labute approximate surface area is 156 Å². The van der Waals surface area contributed by atoms with Crippen LogP contribution in [0.15, 0.2) is 47.7 Å². The maximum absolute atomic E-state index is 4.36. The van der Waals surface area contributed by atoms with Crippen molar-refractivity contribution in [1.29, 1.82) is 0 Å². The Hall–Kier alpha value is -2.34. The van der Waals surface area contributed by atoms with E-state index >= 15 is 0 Å². The molecule has 1 aromatic carbocycles. The molecule has 0 aliphatic heterocycles. The van der Waals surface area contributed by atoms with Crippen molar-refractivity contribution in [2.75, 3.05) is 20.6 Å². The Morgan fingerprint density at radius 3 is 2.69 bits per heavy atom. The van der Waals surface area contributed by atoms with Crippen LogP contribution in [0.5, 0.6) is 0 Å². The van der Waals surface area contributed by atoms with E-state index in [1.54, 1.807) is 0 Å². The van der Waals surface area contributed by atoms with Crippen LogP contribution in [0.1, 0.15) is 30.9 Å². The van der Waals surface area contributed by atoms with Gasteiger partial charge in [0.1, 0.15) is 0 Å². The highest BCUT2D eigenvalue weighted by Gasteiger charge is 2.28. The zero-order chi connectivity index (χ0) is 18.4. The Bertz CT molecular complexity index is 705. The van der Waals surface area contributed by atoms with E-state index < -0.39 is 0 Å². The molecule has 140 valence electrons. The second kappa shape index (κ2) is 8.85. The average molecular weight is 355 g/mol. The second-order valence-electron chi connectivity index (χ2n) is 7.02. The molecule has 0 amide bonds. The number of rotatable bonds is 8. The number of hydrogen-bond donors (Lipinski definition) is 2. The molecule has 1 heterocycles. The monoisotopic (exact) mass is 354 g/mol. The van der Waals surface area contributed by atoms with Crippen LogP contribution in [0.4, 0.5) is 0 Å². The van der Waals surface area contributed by atoms with Gasteiger partial charge in [-0.25, -0.2) is 0 Å². The number of benzene rings is 1. The van der Waals surface area contributed by atoms with Gasteiger partial charge in [-0.1, -0.05) is 24.3 Å². The third kappa shape index (κ3) is 5.08. The largest absolute Gasteiger partial charge is 0.355 e. The van der Waals surface area contributed by atoms with Gasteiger partial charge in [-0.15, -0.1) is 0 Å². The maximum atomic E-state index is 4.36. The van der Waals surface area contributed by atoms with E-state index in [-0.39, 0.29) is 0 Å². The van der Waals surface area contributed by atoms with Crippen LogP contribution in [-0.2, 0) is 13.1 Å². The van der Waals surface area contributed by atoms with Crippen LogP contribution >= 0.6 is 0 Å². The van der Waals surface area contributed by atoms with Gasteiger partial charge >= 0.3 is 0 Å². The van der Waals surface area contributed by atoms with Crippen molar-refractivity contribution in [1.82, 2.24) is 25.3 Å². The number of aromatic nitrogens is 2. The highest BCUT2D eigenvalue weighted by Crippen LogP contribution is 2.26. The van der Waals surface area contributed by atoms with Crippen molar-refractivity contribution in [2.45, 2.75) is 44.9 Å². The molecule has 0 saturated heterocycles. The minimum absolute atomic E-state index is 0.494. The summed E-state index contributed by atoms with van der Waals surface area (Å²) in [6.45, 7) is 4.67. The molecule has 1 aromatic heterocycles. The lowest BCUT2D eigenvalue weighted by molar-refractivity contribution is 0.247. The maximum Gasteiger partial charge on any atom is 0.191 e. The first kappa shape index (κ1) is 18.5. The Morgan fingerprint density at radius 2 is 2.04 bits per heavy atom. The molecule has 0 spiro atoms. The van der Waals surface area contributed by atoms with Crippen molar-refractivity contribution in [3.8, 4) is 0 Å². The highest BCUT2D eigenvalue weighted by atomic mass is 15.3. The SMILES string of the molecule is CN=C(NCc1ccccc1Cn1cccn1)NCC(C)N(C)C1CC1.